The van der Waals surface area contributed by atoms with Crippen LogP contribution in [0, 0.1) is 6.92 Å². The second-order valence-electron chi connectivity index (χ2n) is 5.62. The molecule has 1 aromatic carbocycles. The Morgan fingerprint density at radius 2 is 1.88 bits per heavy atom. The summed E-state index contributed by atoms with van der Waals surface area (Å²) in [6.45, 7) is -0.103. The van der Waals surface area contributed by atoms with Gasteiger partial charge in [-0.05, 0) is 12.5 Å². The van der Waals surface area contributed by atoms with Gasteiger partial charge in [-0.1, -0.05) is 24.3 Å². The number of hydrogen-bond acceptors (Lipinski definition) is 4. The molecular weight excluding hydrogens is 359 g/mol. The van der Waals surface area contributed by atoms with Crippen molar-refractivity contribution in [1.82, 2.24) is 9.78 Å². The van der Waals surface area contributed by atoms with E-state index in [0.717, 1.165) is 10.9 Å². The molecule has 2 heterocycles. The van der Waals surface area contributed by atoms with Crippen molar-refractivity contribution in [3.8, 4) is 0 Å². The smallest absolute Gasteiger partial charge is 0.407 e. The van der Waals surface area contributed by atoms with Crippen LogP contribution in [-0.2, 0) is 17.1 Å². The summed E-state index contributed by atoms with van der Waals surface area (Å²) in [5, 5.41) is 14.3. The van der Waals surface area contributed by atoms with Crippen molar-refractivity contribution in [2.75, 3.05) is 10.8 Å². The highest BCUT2D eigenvalue weighted by atomic mass is 32.2. The Kier molecular flexibility index (Phi) is 3.82. The van der Waals surface area contributed by atoms with Crippen molar-refractivity contribution in [3.63, 3.8) is 0 Å². The third kappa shape index (κ3) is 2.76. The molecule has 0 amide bonds. The van der Waals surface area contributed by atoms with Gasteiger partial charge in [0.2, 0.25) is 0 Å². The molecule has 3 rings (SSSR count). The molecule has 0 saturated carbocycles. The maximum absolute atomic E-state index is 13.0. The highest BCUT2D eigenvalue weighted by molar-refractivity contribution is 8.02. The first-order valence-electron chi connectivity index (χ1n) is 7.15. The van der Waals surface area contributed by atoms with E-state index < -0.39 is 33.4 Å². The van der Waals surface area contributed by atoms with Gasteiger partial charge in [-0.15, -0.1) is 0 Å². The number of anilines is 1. The van der Waals surface area contributed by atoms with E-state index in [0.29, 0.717) is 5.56 Å². The van der Waals surface area contributed by atoms with Crippen LogP contribution in [0.5, 0.6) is 0 Å². The van der Waals surface area contributed by atoms with Crippen LogP contribution in [0.1, 0.15) is 16.8 Å². The Balaban J connectivity index is 2.34. The quantitative estimate of drug-likeness (QED) is 0.878. The van der Waals surface area contributed by atoms with E-state index in [1.54, 1.807) is 25.1 Å². The molecule has 134 valence electrons. The molecule has 1 aliphatic heterocycles. The number of aromatic nitrogens is 2. The Labute approximate surface area is 141 Å². The van der Waals surface area contributed by atoms with Crippen molar-refractivity contribution in [3.05, 3.63) is 47.3 Å². The summed E-state index contributed by atoms with van der Waals surface area (Å²) in [5.74, 6) is -0.622. The highest BCUT2D eigenvalue weighted by Crippen LogP contribution is 2.43. The largest absolute Gasteiger partial charge is 0.504 e. The van der Waals surface area contributed by atoms with Crippen molar-refractivity contribution in [1.29, 1.82) is 0 Å². The summed E-state index contributed by atoms with van der Waals surface area (Å²) in [6.07, 6.45) is -3.77. The average molecular weight is 373 g/mol. The topological polar surface area (TPSA) is 75.4 Å². The third-order valence-corrected chi connectivity index (χ3v) is 5.72. The number of alkyl halides is 3. The van der Waals surface area contributed by atoms with Gasteiger partial charge in [0.05, 0.1) is 6.20 Å². The summed E-state index contributed by atoms with van der Waals surface area (Å²) in [4.78, 5) is -0.564. The van der Waals surface area contributed by atoms with Crippen LogP contribution < -0.4 is 4.31 Å². The molecule has 2 aromatic rings. The van der Waals surface area contributed by atoms with Crippen molar-refractivity contribution < 1.29 is 26.7 Å². The predicted molar refractivity (Wildman–Crippen MR) is 86.2 cm³/mol. The van der Waals surface area contributed by atoms with Gasteiger partial charge in [0.1, 0.15) is 22.8 Å². The molecule has 1 aromatic heterocycles. The lowest BCUT2D eigenvalue weighted by atomic mass is 10.1. The Hall–Kier alpha value is -2.49. The molecule has 0 spiro atoms. The molecule has 0 aliphatic carbocycles. The summed E-state index contributed by atoms with van der Waals surface area (Å²) >= 11 is 0. The van der Waals surface area contributed by atoms with Crippen LogP contribution >= 0.6 is 0 Å². The predicted octanol–water partition coefficient (Wildman–Crippen LogP) is 2.82. The second-order valence-corrected chi connectivity index (χ2v) is 7.42. The standard InChI is InChI=1S/C15H14F3N3O3S/c1-9-5-3-4-6-10(9)14-13(22)12-11(7-19-20(12)2)21(25(14,23)24)8-15(16,17)18/h3-7,22H,8H2,1-2H3. The Bertz CT molecular complexity index is 977. The van der Waals surface area contributed by atoms with E-state index in [1.807, 2.05) is 0 Å². The molecule has 6 nitrogen and oxygen atoms in total. The minimum Gasteiger partial charge on any atom is -0.504 e. The third-order valence-electron chi connectivity index (χ3n) is 3.89. The van der Waals surface area contributed by atoms with Crippen LogP contribution in [0.4, 0.5) is 18.9 Å². The molecule has 0 fully saturated rings. The molecule has 10 heteroatoms. The fraction of sp³-hybridized carbons (Fsp3) is 0.267. The normalized spacial score (nSPS) is 16.9. The number of nitrogens with zero attached hydrogens (tertiary/aromatic N) is 3. The fourth-order valence-corrected chi connectivity index (χ4v) is 4.56. The van der Waals surface area contributed by atoms with Crippen molar-refractivity contribution in [2.45, 2.75) is 13.1 Å². The molecule has 0 saturated heterocycles. The van der Waals surface area contributed by atoms with Gasteiger partial charge in [-0.25, -0.2) is 8.42 Å². The Morgan fingerprint density at radius 3 is 2.48 bits per heavy atom. The van der Waals surface area contributed by atoms with Gasteiger partial charge in [0.15, 0.2) is 5.76 Å². The average Bonchev–Trinajstić information content (AvgIpc) is 2.86. The lowest BCUT2D eigenvalue weighted by molar-refractivity contribution is -0.117. The van der Waals surface area contributed by atoms with Gasteiger partial charge in [0.25, 0.3) is 10.0 Å². The lowest BCUT2D eigenvalue weighted by Crippen LogP contribution is -2.41. The number of aliphatic hydroxyl groups excluding tert-OH is 1. The number of hydrogen-bond donors (Lipinski definition) is 1. The van der Waals surface area contributed by atoms with Crippen LogP contribution in [0.2, 0.25) is 0 Å². The van der Waals surface area contributed by atoms with Crippen LogP contribution in [0.25, 0.3) is 10.7 Å². The van der Waals surface area contributed by atoms with Gasteiger partial charge < -0.3 is 5.11 Å². The summed E-state index contributed by atoms with van der Waals surface area (Å²) in [6, 6.07) is 6.25. The first-order valence-corrected chi connectivity index (χ1v) is 8.59. The SMILES string of the molecule is Cc1ccccc1C1=C(O)c2c(cnn2C)N(CC(F)(F)F)S1(=O)=O. The molecule has 1 N–H and O–H groups in total. The van der Waals surface area contributed by atoms with Crippen LogP contribution in [0.15, 0.2) is 30.5 Å². The van der Waals surface area contributed by atoms with Crippen molar-refractivity contribution in [2.24, 2.45) is 7.05 Å². The zero-order chi connectivity index (χ0) is 18.6. The van der Waals surface area contributed by atoms with Gasteiger partial charge in [-0.2, -0.15) is 18.3 Å². The molecular formula is C15H14F3N3O3S. The molecule has 1 aliphatic rings. The summed E-state index contributed by atoms with van der Waals surface area (Å²) in [7, 11) is -3.22. The number of aliphatic hydroxyl groups is 1. The molecule has 0 radical (unpaired) electrons. The van der Waals surface area contributed by atoms with Crippen molar-refractivity contribution >= 4 is 26.4 Å². The number of sulfonamides is 1. The van der Waals surface area contributed by atoms with Crippen LogP contribution in [0.3, 0.4) is 0 Å². The number of fused-ring (bicyclic) bond motifs is 1. The Morgan fingerprint density at radius 1 is 1.24 bits per heavy atom. The maximum atomic E-state index is 13.0. The minimum atomic E-state index is -4.76. The van der Waals surface area contributed by atoms with Crippen LogP contribution in [-0.4, -0.2) is 36.0 Å². The van der Waals surface area contributed by atoms with Gasteiger partial charge in [-0.3, -0.25) is 8.99 Å². The minimum absolute atomic E-state index is 0.0858. The number of benzene rings is 1. The van der Waals surface area contributed by atoms with E-state index in [1.165, 1.54) is 13.1 Å². The second kappa shape index (κ2) is 5.51. The molecule has 0 atom stereocenters. The summed E-state index contributed by atoms with van der Waals surface area (Å²) in [5.41, 5.74) is 0.246. The monoisotopic (exact) mass is 373 g/mol. The lowest BCUT2D eigenvalue weighted by Gasteiger charge is -2.31. The van der Waals surface area contributed by atoms with E-state index in [9.17, 15) is 26.7 Å². The van der Waals surface area contributed by atoms with E-state index in [-0.39, 0.29) is 21.2 Å². The number of aryl methyl sites for hydroxylation is 2. The summed E-state index contributed by atoms with van der Waals surface area (Å²) < 4.78 is 66.1. The fourth-order valence-electron chi connectivity index (χ4n) is 2.78. The van der Waals surface area contributed by atoms with E-state index in [4.69, 9.17) is 0 Å². The first-order chi connectivity index (χ1) is 11.5. The van der Waals surface area contributed by atoms with Gasteiger partial charge in [0, 0.05) is 12.6 Å². The molecule has 0 unspecified atom stereocenters. The zero-order valence-corrected chi connectivity index (χ0v) is 14.1. The maximum Gasteiger partial charge on any atom is 0.407 e. The van der Waals surface area contributed by atoms with E-state index >= 15 is 0 Å². The van der Waals surface area contributed by atoms with Gasteiger partial charge >= 0.3 is 6.18 Å². The highest BCUT2D eigenvalue weighted by Gasteiger charge is 2.45. The molecule has 25 heavy (non-hydrogen) atoms. The number of halogens is 3. The zero-order valence-electron chi connectivity index (χ0n) is 13.2. The number of rotatable bonds is 2. The molecule has 0 bridgehead atoms. The first kappa shape index (κ1) is 17.3. The van der Waals surface area contributed by atoms with E-state index in [2.05, 4.69) is 5.10 Å².